The minimum Gasteiger partial charge on any atom is -0.349 e. The van der Waals surface area contributed by atoms with Crippen LogP contribution in [0.3, 0.4) is 0 Å². The van der Waals surface area contributed by atoms with E-state index in [2.05, 4.69) is 10.3 Å². The summed E-state index contributed by atoms with van der Waals surface area (Å²) in [6.07, 6.45) is 5.61. The second kappa shape index (κ2) is 3.75. The van der Waals surface area contributed by atoms with Gasteiger partial charge in [0.15, 0.2) is 0 Å². The fourth-order valence-corrected chi connectivity index (χ4v) is 1.92. The third-order valence-corrected chi connectivity index (χ3v) is 2.81. The van der Waals surface area contributed by atoms with Crippen LogP contribution < -0.4 is 5.32 Å². The molecule has 1 N–H and O–H groups in total. The van der Waals surface area contributed by atoms with Crippen molar-refractivity contribution >= 4 is 22.8 Å². The number of carbonyl (C=O) groups is 1. The molecule has 0 atom stereocenters. The summed E-state index contributed by atoms with van der Waals surface area (Å²) in [5.74, 6) is -0.0256. The largest absolute Gasteiger partial charge is 0.349 e. The number of hydrogen-bond acceptors (Lipinski definition) is 3. The monoisotopic (exact) mass is 206 g/mol. The number of nitrogens with zero attached hydrogens (tertiary/aromatic N) is 1. The number of allylic oxidation sites excluding steroid dienone is 2. The molecular formula is C10H10N2OS. The van der Waals surface area contributed by atoms with Gasteiger partial charge in [-0.05, 0) is 13.0 Å². The Morgan fingerprint density at radius 3 is 3.14 bits per heavy atom. The minimum atomic E-state index is -0.0256. The summed E-state index contributed by atoms with van der Waals surface area (Å²) in [6.45, 7) is 2.59. The van der Waals surface area contributed by atoms with Crippen molar-refractivity contribution in [1.82, 2.24) is 10.3 Å². The number of thiazole rings is 1. The van der Waals surface area contributed by atoms with Gasteiger partial charge in [-0.25, -0.2) is 0 Å². The highest BCUT2D eigenvalue weighted by atomic mass is 32.1. The van der Waals surface area contributed by atoms with Crippen molar-refractivity contribution in [2.75, 3.05) is 6.54 Å². The Bertz CT molecular complexity index is 404. The molecule has 0 radical (unpaired) electrons. The van der Waals surface area contributed by atoms with E-state index >= 15 is 0 Å². The van der Waals surface area contributed by atoms with Crippen molar-refractivity contribution in [2.24, 2.45) is 0 Å². The molecule has 0 aliphatic carbocycles. The van der Waals surface area contributed by atoms with Crippen molar-refractivity contribution in [3.8, 4) is 0 Å². The molecule has 1 aromatic rings. The first-order valence-electron chi connectivity index (χ1n) is 4.33. The van der Waals surface area contributed by atoms with Crippen LogP contribution in [0.25, 0.3) is 5.57 Å². The summed E-state index contributed by atoms with van der Waals surface area (Å²) in [4.78, 5) is 16.5. The molecule has 0 fully saturated rings. The molecule has 0 bridgehead atoms. The van der Waals surface area contributed by atoms with E-state index in [4.69, 9.17) is 0 Å². The Morgan fingerprint density at radius 1 is 1.57 bits per heavy atom. The molecule has 1 aliphatic heterocycles. The van der Waals surface area contributed by atoms with E-state index in [0.29, 0.717) is 12.1 Å². The number of hydrogen-bond donors (Lipinski definition) is 1. The lowest BCUT2D eigenvalue weighted by atomic mass is 10.1. The van der Waals surface area contributed by atoms with Gasteiger partial charge in [-0.3, -0.25) is 9.78 Å². The predicted octanol–water partition coefficient (Wildman–Crippen LogP) is 1.60. The predicted molar refractivity (Wildman–Crippen MR) is 56.9 cm³/mol. The number of rotatable bonds is 1. The molecule has 4 heteroatoms. The second-order valence-electron chi connectivity index (χ2n) is 3.08. The van der Waals surface area contributed by atoms with Crippen LogP contribution in [0, 0.1) is 0 Å². The summed E-state index contributed by atoms with van der Waals surface area (Å²) >= 11 is 1.48. The molecule has 1 amide bonds. The molecule has 72 valence electrons. The van der Waals surface area contributed by atoms with Crippen LogP contribution in [-0.4, -0.2) is 17.4 Å². The summed E-state index contributed by atoms with van der Waals surface area (Å²) in [5.41, 5.74) is 3.54. The van der Waals surface area contributed by atoms with Gasteiger partial charge >= 0.3 is 0 Å². The topological polar surface area (TPSA) is 42.0 Å². The Labute approximate surface area is 86.2 Å². The fourth-order valence-electron chi connectivity index (χ4n) is 1.28. The van der Waals surface area contributed by atoms with E-state index in [0.717, 1.165) is 10.5 Å². The van der Waals surface area contributed by atoms with Gasteiger partial charge in [-0.1, -0.05) is 11.6 Å². The van der Waals surface area contributed by atoms with Gasteiger partial charge in [0, 0.05) is 12.7 Å². The van der Waals surface area contributed by atoms with Crippen molar-refractivity contribution in [3.63, 3.8) is 0 Å². The van der Waals surface area contributed by atoms with E-state index in [1.807, 2.05) is 19.1 Å². The third-order valence-electron chi connectivity index (χ3n) is 2.00. The van der Waals surface area contributed by atoms with Crippen LogP contribution in [0.2, 0.25) is 0 Å². The van der Waals surface area contributed by atoms with E-state index in [1.165, 1.54) is 11.3 Å². The highest BCUT2D eigenvalue weighted by molar-refractivity contribution is 7.11. The SMILES string of the molecule is CC1=CCNC(=O)C(c2cncs2)=C1. The van der Waals surface area contributed by atoms with Crippen molar-refractivity contribution in [3.05, 3.63) is 34.3 Å². The maximum absolute atomic E-state index is 11.6. The Hall–Kier alpha value is -1.42. The van der Waals surface area contributed by atoms with Gasteiger partial charge in [0.05, 0.1) is 16.0 Å². The van der Waals surface area contributed by atoms with Gasteiger partial charge in [0.1, 0.15) is 0 Å². The summed E-state index contributed by atoms with van der Waals surface area (Å²) in [7, 11) is 0. The van der Waals surface area contributed by atoms with E-state index in [-0.39, 0.29) is 5.91 Å². The normalized spacial score (nSPS) is 16.8. The lowest BCUT2D eigenvalue weighted by molar-refractivity contribution is -0.115. The lowest BCUT2D eigenvalue weighted by Crippen LogP contribution is -2.22. The molecule has 3 nitrogen and oxygen atoms in total. The zero-order valence-electron chi connectivity index (χ0n) is 7.78. The van der Waals surface area contributed by atoms with Gasteiger partial charge in [0.2, 0.25) is 0 Å². The van der Waals surface area contributed by atoms with E-state index < -0.39 is 0 Å². The Balaban J connectivity index is 2.41. The zero-order chi connectivity index (χ0) is 9.97. The molecule has 0 unspecified atom stereocenters. The van der Waals surface area contributed by atoms with Gasteiger partial charge in [0.25, 0.3) is 5.91 Å². The van der Waals surface area contributed by atoms with Crippen LogP contribution in [-0.2, 0) is 4.79 Å². The van der Waals surface area contributed by atoms with Crippen LogP contribution in [0.15, 0.2) is 29.4 Å². The van der Waals surface area contributed by atoms with E-state index in [9.17, 15) is 4.79 Å². The van der Waals surface area contributed by atoms with Crippen LogP contribution in [0.5, 0.6) is 0 Å². The quantitative estimate of drug-likeness (QED) is 0.758. The first kappa shape index (κ1) is 9.15. The molecule has 1 aliphatic rings. The summed E-state index contributed by atoms with van der Waals surface area (Å²) < 4.78 is 0. The lowest BCUT2D eigenvalue weighted by Gasteiger charge is -2.01. The fraction of sp³-hybridized carbons (Fsp3) is 0.200. The van der Waals surface area contributed by atoms with Crippen molar-refractivity contribution in [2.45, 2.75) is 6.92 Å². The molecule has 2 heterocycles. The molecule has 0 spiro atoms. The summed E-state index contributed by atoms with van der Waals surface area (Å²) in [5, 5.41) is 2.81. The number of amides is 1. The highest BCUT2D eigenvalue weighted by Gasteiger charge is 2.14. The Kier molecular flexibility index (Phi) is 2.45. The number of nitrogens with one attached hydrogen (secondary N) is 1. The smallest absolute Gasteiger partial charge is 0.253 e. The summed E-state index contributed by atoms with van der Waals surface area (Å²) in [6, 6.07) is 0. The Morgan fingerprint density at radius 2 is 2.43 bits per heavy atom. The number of carbonyl (C=O) groups excluding carboxylic acids is 1. The number of aromatic nitrogens is 1. The second-order valence-corrected chi connectivity index (χ2v) is 3.97. The van der Waals surface area contributed by atoms with Gasteiger partial charge < -0.3 is 5.32 Å². The molecule has 0 saturated carbocycles. The maximum Gasteiger partial charge on any atom is 0.253 e. The van der Waals surface area contributed by atoms with Crippen LogP contribution >= 0.6 is 11.3 Å². The molecule has 0 saturated heterocycles. The average molecular weight is 206 g/mol. The average Bonchev–Trinajstić information content (AvgIpc) is 2.61. The first-order chi connectivity index (χ1) is 6.77. The maximum atomic E-state index is 11.6. The molecular weight excluding hydrogens is 196 g/mol. The van der Waals surface area contributed by atoms with E-state index in [1.54, 1.807) is 11.7 Å². The van der Waals surface area contributed by atoms with Crippen molar-refractivity contribution in [1.29, 1.82) is 0 Å². The first-order valence-corrected chi connectivity index (χ1v) is 5.21. The van der Waals surface area contributed by atoms with Crippen molar-refractivity contribution < 1.29 is 4.79 Å². The van der Waals surface area contributed by atoms with Crippen LogP contribution in [0.4, 0.5) is 0 Å². The van der Waals surface area contributed by atoms with Crippen LogP contribution in [0.1, 0.15) is 11.8 Å². The zero-order valence-corrected chi connectivity index (χ0v) is 8.60. The highest BCUT2D eigenvalue weighted by Crippen LogP contribution is 2.21. The van der Waals surface area contributed by atoms with Gasteiger partial charge in [-0.2, -0.15) is 0 Å². The molecule has 14 heavy (non-hydrogen) atoms. The van der Waals surface area contributed by atoms with Gasteiger partial charge in [-0.15, -0.1) is 11.3 Å². The minimum absolute atomic E-state index is 0.0256. The third kappa shape index (κ3) is 1.75. The molecule has 1 aromatic heterocycles. The standard InChI is InChI=1S/C10H10N2OS/c1-7-2-3-12-10(13)8(4-7)9-5-11-6-14-9/h2,4-6H,3H2,1H3,(H,12,13). The molecule has 0 aromatic carbocycles. The molecule has 2 rings (SSSR count).